The summed E-state index contributed by atoms with van der Waals surface area (Å²) in [6, 6.07) is 10.5. The topological polar surface area (TPSA) is 84.9 Å². The van der Waals surface area contributed by atoms with E-state index in [0.29, 0.717) is 30.7 Å². The highest BCUT2D eigenvalue weighted by molar-refractivity contribution is 5.91. The number of hydrogen-bond acceptors (Lipinski definition) is 5. The van der Waals surface area contributed by atoms with Gasteiger partial charge in [0.05, 0.1) is 18.8 Å². The monoisotopic (exact) mass is 385 g/mol. The summed E-state index contributed by atoms with van der Waals surface area (Å²) in [5, 5.41) is 11.7. The number of hydrogen-bond donors (Lipinski definition) is 2. The van der Waals surface area contributed by atoms with Crippen LogP contribution < -0.4 is 10.1 Å². The van der Waals surface area contributed by atoms with Crippen LogP contribution in [0.5, 0.6) is 5.75 Å². The largest absolute Gasteiger partial charge is 0.493 e. The van der Waals surface area contributed by atoms with Gasteiger partial charge in [-0.25, -0.2) is 4.79 Å². The van der Waals surface area contributed by atoms with Crippen molar-refractivity contribution in [2.45, 2.75) is 33.8 Å². The number of aliphatic hydroxyl groups is 1. The van der Waals surface area contributed by atoms with Gasteiger partial charge in [-0.2, -0.15) is 0 Å². The normalized spacial score (nSPS) is 10.4. The molecule has 0 aliphatic heterocycles. The summed E-state index contributed by atoms with van der Waals surface area (Å²) in [7, 11) is 0. The van der Waals surface area contributed by atoms with E-state index in [9.17, 15) is 9.59 Å². The molecular weight excluding hydrogens is 358 g/mol. The molecule has 0 radical (unpaired) electrons. The summed E-state index contributed by atoms with van der Waals surface area (Å²) in [4.78, 5) is 23.7. The van der Waals surface area contributed by atoms with Crippen molar-refractivity contribution in [1.29, 1.82) is 0 Å². The smallest absolute Gasteiger partial charge is 0.338 e. The van der Waals surface area contributed by atoms with Crippen LogP contribution in [0, 0.1) is 20.8 Å². The van der Waals surface area contributed by atoms with E-state index in [1.165, 1.54) is 5.56 Å². The van der Waals surface area contributed by atoms with Gasteiger partial charge in [-0.05, 0) is 67.6 Å². The van der Waals surface area contributed by atoms with E-state index >= 15 is 0 Å². The number of rotatable bonds is 9. The van der Waals surface area contributed by atoms with Gasteiger partial charge in [-0.1, -0.05) is 18.2 Å². The number of esters is 1. The Morgan fingerprint density at radius 1 is 1.07 bits per heavy atom. The Bertz CT molecular complexity index is 814. The van der Waals surface area contributed by atoms with Crippen LogP contribution in [0.25, 0.3) is 0 Å². The second-order valence-electron chi connectivity index (χ2n) is 6.69. The lowest BCUT2D eigenvalue weighted by Gasteiger charge is -2.12. The van der Waals surface area contributed by atoms with Gasteiger partial charge in [0.2, 0.25) is 0 Å². The van der Waals surface area contributed by atoms with Crippen molar-refractivity contribution in [3.05, 3.63) is 64.2 Å². The predicted molar refractivity (Wildman–Crippen MR) is 106 cm³/mol. The van der Waals surface area contributed by atoms with Crippen molar-refractivity contribution >= 4 is 11.9 Å². The lowest BCUT2D eigenvalue weighted by molar-refractivity contribution is -0.124. The third kappa shape index (κ3) is 6.39. The summed E-state index contributed by atoms with van der Waals surface area (Å²) < 4.78 is 10.8. The van der Waals surface area contributed by atoms with Crippen molar-refractivity contribution in [3.63, 3.8) is 0 Å². The molecule has 2 N–H and O–H groups in total. The molecule has 6 nitrogen and oxygen atoms in total. The zero-order valence-corrected chi connectivity index (χ0v) is 16.6. The second-order valence-corrected chi connectivity index (χ2v) is 6.69. The second kappa shape index (κ2) is 10.5. The summed E-state index contributed by atoms with van der Waals surface area (Å²) in [5.74, 6) is -0.0684. The third-order valence-corrected chi connectivity index (χ3v) is 4.37. The molecule has 2 rings (SSSR count). The van der Waals surface area contributed by atoms with Crippen molar-refractivity contribution in [2.24, 2.45) is 0 Å². The molecule has 0 heterocycles. The molecule has 28 heavy (non-hydrogen) atoms. The fraction of sp³-hybridized carbons (Fsp3) is 0.364. The Balaban J connectivity index is 1.65. The van der Waals surface area contributed by atoms with E-state index in [0.717, 1.165) is 16.9 Å². The average molecular weight is 385 g/mol. The van der Waals surface area contributed by atoms with Crippen molar-refractivity contribution in [2.75, 3.05) is 19.8 Å². The molecule has 0 atom stereocenters. The van der Waals surface area contributed by atoms with Crippen LogP contribution in [0.15, 0.2) is 36.4 Å². The number of aliphatic hydroxyl groups excluding tert-OH is 1. The Labute approximate surface area is 165 Å². The SMILES string of the molecule is Cc1cc(C)c(C)c(OCCCNC(=O)COC(=O)c2ccc(CO)cc2)c1. The minimum absolute atomic E-state index is 0.0928. The molecule has 0 unspecified atom stereocenters. The molecule has 6 heteroatoms. The molecule has 0 bridgehead atoms. The number of carbonyl (C=O) groups excluding carboxylic acids is 2. The summed E-state index contributed by atoms with van der Waals surface area (Å²) in [6.45, 7) is 6.60. The van der Waals surface area contributed by atoms with Gasteiger partial charge in [0, 0.05) is 6.54 Å². The van der Waals surface area contributed by atoms with E-state index in [4.69, 9.17) is 14.6 Å². The molecule has 0 aromatic heterocycles. The van der Waals surface area contributed by atoms with Gasteiger partial charge in [0.15, 0.2) is 6.61 Å². The third-order valence-electron chi connectivity index (χ3n) is 4.37. The molecule has 150 valence electrons. The van der Waals surface area contributed by atoms with E-state index in [-0.39, 0.29) is 19.1 Å². The van der Waals surface area contributed by atoms with Gasteiger partial charge >= 0.3 is 5.97 Å². The molecule has 2 aromatic rings. The summed E-state index contributed by atoms with van der Waals surface area (Å²) in [5.41, 5.74) is 4.50. The maximum Gasteiger partial charge on any atom is 0.338 e. The van der Waals surface area contributed by atoms with Gasteiger partial charge in [0.25, 0.3) is 5.91 Å². The first kappa shape index (κ1) is 21.4. The van der Waals surface area contributed by atoms with Crippen LogP contribution in [0.4, 0.5) is 0 Å². The number of nitrogens with one attached hydrogen (secondary N) is 1. The lowest BCUT2D eigenvalue weighted by Crippen LogP contribution is -2.30. The van der Waals surface area contributed by atoms with Gasteiger partial charge in [-0.3, -0.25) is 4.79 Å². The zero-order valence-electron chi connectivity index (χ0n) is 16.6. The first-order valence-electron chi connectivity index (χ1n) is 9.25. The standard InChI is InChI=1S/C22H27NO5/c1-15-11-16(2)17(3)20(12-15)27-10-4-9-23-21(25)14-28-22(26)19-7-5-18(13-24)6-8-19/h5-8,11-12,24H,4,9-10,13-14H2,1-3H3,(H,23,25). The van der Waals surface area contributed by atoms with E-state index in [1.807, 2.05) is 19.9 Å². The predicted octanol–water partition coefficient (Wildman–Crippen LogP) is 2.85. The van der Waals surface area contributed by atoms with Crippen LogP contribution in [-0.4, -0.2) is 36.7 Å². The molecule has 0 fully saturated rings. The number of ether oxygens (including phenoxy) is 2. The highest BCUT2D eigenvalue weighted by Gasteiger charge is 2.10. The molecule has 0 aliphatic rings. The van der Waals surface area contributed by atoms with Crippen LogP contribution in [0.2, 0.25) is 0 Å². The lowest BCUT2D eigenvalue weighted by atomic mass is 10.1. The van der Waals surface area contributed by atoms with Crippen LogP contribution in [0.1, 0.15) is 39.0 Å². The average Bonchev–Trinajstić information content (AvgIpc) is 2.69. The van der Waals surface area contributed by atoms with E-state index in [1.54, 1.807) is 24.3 Å². The Morgan fingerprint density at radius 3 is 2.46 bits per heavy atom. The zero-order chi connectivity index (χ0) is 20.5. The summed E-state index contributed by atoms with van der Waals surface area (Å²) in [6.07, 6.45) is 0.648. The Kier molecular flexibility index (Phi) is 8.02. The van der Waals surface area contributed by atoms with Gasteiger partial charge in [0.1, 0.15) is 5.75 Å². The van der Waals surface area contributed by atoms with E-state index < -0.39 is 5.97 Å². The van der Waals surface area contributed by atoms with E-state index in [2.05, 4.69) is 18.3 Å². The molecule has 0 spiro atoms. The van der Waals surface area contributed by atoms with Crippen LogP contribution in [-0.2, 0) is 16.1 Å². The number of benzene rings is 2. The number of aryl methyl sites for hydroxylation is 2. The quantitative estimate of drug-likeness (QED) is 0.512. The molecule has 0 saturated carbocycles. The van der Waals surface area contributed by atoms with Gasteiger partial charge < -0.3 is 19.9 Å². The first-order chi connectivity index (χ1) is 13.4. The Morgan fingerprint density at radius 2 is 1.79 bits per heavy atom. The first-order valence-corrected chi connectivity index (χ1v) is 9.25. The minimum Gasteiger partial charge on any atom is -0.493 e. The highest BCUT2D eigenvalue weighted by Crippen LogP contribution is 2.23. The maximum absolute atomic E-state index is 11.9. The van der Waals surface area contributed by atoms with Crippen molar-refractivity contribution < 1.29 is 24.2 Å². The minimum atomic E-state index is -0.576. The van der Waals surface area contributed by atoms with Crippen LogP contribution in [0.3, 0.4) is 0 Å². The molecule has 2 aromatic carbocycles. The molecular formula is C22H27NO5. The summed E-state index contributed by atoms with van der Waals surface area (Å²) >= 11 is 0. The van der Waals surface area contributed by atoms with Crippen LogP contribution >= 0.6 is 0 Å². The fourth-order valence-corrected chi connectivity index (χ4v) is 2.64. The highest BCUT2D eigenvalue weighted by atomic mass is 16.5. The van der Waals surface area contributed by atoms with Crippen molar-refractivity contribution in [1.82, 2.24) is 5.32 Å². The van der Waals surface area contributed by atoms with Gasteiger partial charge in [-0.15, -0.1) is 0 Å². The molecule has 1 amide bonds. The number of amides is 1. The molecule has 0 aliphatic carbocycles. The van der Waals surface area contributed by atoms with Crippen molar-refractivity contribution in [3.8, 4) is 5.75 Å². The Hall–Kier alpha value is -2.86. The maximum atomic E-state index is 11.9. The molecule has 0 saturated heterocycles. The fourth-order valence-electron chi connectivity index (χ4n) is 2.64. The number of carbonyl (C=O) groups is 2.